The van der Waals surface area contributed by atoms with E-state index in [0.717, 1.165) is 0 Å². The van der Waals surface area contributed by atoms with Gasteiger partial charge in [-0.25, -0.2) is 8.42 Å². The van der Waals surface area contributed by atoms with Gasteiger partial charge in [0, 0.05) is 5.75 Å². The van der Waals surface area contributed by atoms with Gasteiger partial charge in [-0.2, -0.15) is 0 Å². The lowest BCUT2D eigenvalue weighted by Crippen LogP contribution is -2.42. The van der Waals surface area contributed by atoms with Crippen molar-refractivity contribution < 1.29 is 13.2 Å². The van der Waals surface area contributed by atoms with Gasteiger partial charge in [0.25, 0.3) is 0 Å². The molecule has 4 N–H and O–H groups in total. The summed E-state index contributed by atoms with van der Waals surface area (Å²) in [5, 5.41) is 0. The largest absolute Gasteiger partial charge is 0.368 e. The van der Waals surface area contributed by atoms with E-state index in [0.29, 0.717) is 6.42 Å². The van der Waals surface area contributed by atoms with Crippen LogP contribution in [-0.2, 0) is 14.6 Å². The number of hydrogen-bond donors (Lipinski definition) is 2. The lowest BCUT2D eigenvalue weighted by atomic mass is 10.3. The molecule has 1 atom stereocenters. The van der Waals surface area contributed by atoms with E-state index >= 15 is 0 Å². The number of hydrogen-bond acceptors (Lipinski definition) is 4. The fourth-order valence-electron chi connectivity index (χ4n) is 0.750. The lowest BCUT2D eigenvalue weighted by molar-refractivity contribution is -0.118. The molecule has 0 aliphatic rings. The summed E-state index contributed by atoms with van der Waals surface area (Å²) < 4.78 is 22.1. The van der Waals surface area contributed by atoms with Crippen LogP contribution < -0.4 is 11.5 Å². The predicted octanol–water partition coefficient (Wildman–Crippen LogP) is -1.38. The zero-order valence-electron chi connectivity index (χ0n) is 6.99. The molecular weight excluding hydrogens is 180 g/mol. The van der Waals surface area contributed by atoms with Gasteiger partial charge < -0.3 is 11.5 Å². The first-order valence-corrected chi connectivity index (χ1v) is 5.46. The summed E-state index contributed by atoms with van der Waals surface area (Å²) in [6.45, 7) is 1.74. The smallest absolute Gasteiger partial charge is 0.235 e. The van der Waals surface area contributed by atoms with Crippen molar-refractivity contribution in [2.75, 3.05) is 11.5 Å². The highest BCUT2D eigenvalue weighted by molar-refractivity contribution is 7.91. The maximum atomic E-state index is 11.1. The van der Waals surface area contributed by atoms with Gasteiger partial charge in [0.1, 0.15) is 0 Å². The molecule has 1 unspecified atom stereocenters. The molecule has 6 heteroatoms. The van der Waals surface area contributed by atoms with Crippen LogP contribution in [0.25, 0.3) is 0 Å². The van der Waals surface area contributed by atoms with Crippen LogP contribution in [0.15, 0.2) is 0 Å². The summed E-state index contributed by atoms with van der Waals surface area (Å²) in [7, 11) is -3.20. The Bertz CT molecular complexity index is 248. The quantitative estimate of drug-likeness (QED) is 0.563. The predicted molar refractivity (Wildman–Crippen MR) is 46.1 cm³/mol. The van der Waals surface area contributed by atoms with Crippen molar-refractivity contribution in [3.63, 3.8) is 0 Å². The van der Waals surface area contributed by atoms with Gasteiger partial charge in [-0.15, -0.1) is 0 Å². The SMILES string of the molecule is CCCS(=O)(=O)CC(N)C(N)=O. The second-order valence-electron chi connectivity index (χ2n) is 2.62. The number of nitrogens with two attached hydrogens (primary N) is 2. The Balaban J connectivity index is 4.16. The number of carbonyl (C=O) groups excluding carboxylic acids is 1. The summed E-state index contributed by atoms with van der Waals surface area (Å²) in [5.41, 5.74) is 9.99. The van der Waals surface area contributed by atoms with E-state index in [1.54, 1.807) is 6.92 Å². The summed E-state index contributed by atoms with van der Waals surface area (Å²) in [6.07, 6.45) is 0.522. The topological polar surface area (TPSA) is 103 Å². The summed E-state index contributed by atoms with van der Waals surface area (Å²) in [6, 6.07) is -1.08. The maximum Gasteiger partial charge on any atom is 0.235 e. The summed E-state index contributed by atoms with van der Waals surface area (Å²) >= 11 is 0. The van der Waals surface area contributed by atoms with E-state index in [-0.39, 0.29) is 11.5 Å². The van der Waals surface area contributed by atoms with E-state index in [4.69, 9.17) is 11.5 Å². The van der Waals surface area contributed by atoms with Crippen molar-refractivity contribution in [3.05, 3.63) is 0 Å². The molecule has 0 aliphatic heterocycles. The molecule has 0 saturated carbocycles. The minimum absolute atomic E-state index is 0.0496. The standard InChI is InChI=1S/C6H14N2O3S/c1-2-3-12(10,11)4-5(7)6(8)9/h5H,2-4,7H2,1H3,(H2,8,9). The normalized spacial score (nSPS) is 14.2. The Labute approximate surface area is 72.0 Å². The molecule has 0 fully saturated rings. The molecule has 72 valence electrons. The Morgan fingerprint density at radius 1 is 1.50 bits per heavy atom. The van der Waals surface area contributed by atoms with Crippen LogP contribution in [0.4, 0.5) is 0 Å². The second-order valence-corrected chi connectivity index (χ2v) is 4.85. The molecule has 0 bridgehead atoms. The molecule has 5 nitrogen and oxygen atoms in total. The van der Waals surface area contributed by atoms with E-state index in [9.17, 15) is 13.2 Å². The Morgan fingerprint density at radius 2 is 2.00 bits per heavy atom. The van der Waals surface area contributed by atoms with Gasteiger partial charge in [0.05, 0.1) is 11.8 Å². The first-order valence-electron chi connectivity index (χ1n) is 3.64. The first-order chi connectivity index (χ1) is 5.39. The van der Waals surface area contributed by atoms with Crippen molar-refractivity contribution in [3.8, 4) is 0 Å². The van der Waals surface area contributed by atoms with Gasteiger partial charge in [0.15, 0.2) is 9.84 Å². The molecule has 0 rings (SSSR count). The third kappa shape index (κ3) is 4.30. The fraction of sp³-hybridized carbons (Fsp3) is 0.833. The van der Waals surface area contributed by atoms with Crippen LogP contribution >= 0.6 is 0 Å². The summed E-state index contributed by atoms with van der Waals surface area (Å²) in [5.74, 6) is -1.08. The van der Waals surface area contributed by atoms with Gasteiger partial charge in [-0.1, -0.05) is 6.92 Å². The van der Waals surface area contributed by atoms with Crippen LogP contribution in [0.5, 0.6) is 0 Å². The average Bonchev–Trinajstić information content (AvgIpc) is 1.85. The fourth-order valence-corrected chi connectivity index (χ4v) is 2.25. The van der Waals surface area contributed by atoms with Crippen molar-refractivity contribution in [2.45, 2.75) is 19.4 Å². The number of sulfone groups is 1. The van der Waals surface area contributed by atoms with Crippen LogP contribution in [-0.4, -0.2) is 31.9 Å². The van der Waals surface area contributed by atoms with Gasteiger partial charge in [-0.05, 0) is 6.42 Å². The van der Waals surface area contributed by atoms with Crippen LogP contribution in [0.2, 0.25) is 0 Å². The Morgan fingerprint density at radius 3 is 2.33 bits per heavy atom. The van der Waals surface area contributed by atoms with E-state index < -0.39 is 21.8 Å². The monoisotopic (exact) mass is 194 g/mol. The van der Waals surface area contributed by atoms with Gasteiger partial charge >= 0.3 is 0 Å². The first kappa shape index (κ1) is 11.4. The molecule has 12 heavy (non-hydrogen) atoms. The van der Waals surface area contributed by atoms with Crippen molar-refractivity contribution >= 4 is 15.7 Å². The molecule has 0 saturated heterocycles. The molecular formula is C6H14N2O3S. The molecule has 0 aromatic carbocycles. The van der Waals surface area contributed by atoms with Crippen molar-refractivity contribution in [1.29, 1.82) is 0 Å². The summed E-state index contributed by atoms with van der Waals surface area (Å²) in [4.78, 5) is 10.4. The minimum Gasteiger partial charge on any atom is -0.368 e. The van der Waals surface area contributed by atoms with Crippen molar-refractivity contribution in [1.82, 2.24) is 0 Å². The average molecular weight is 194 g/mol. The van der Waals surface area contributed by atoms with Gasteiger partial charge in [-0.3, -0.25) is 4.79 Å². The third-order valence-electron chi connectivity index (χ3n) is 1.31. The number of primary amides is 1. The molecule has 0 radical (unpaired) electrons. The highest BCUT2D eigenvalue weighted by Crippen LogP contribution is 1.95. The zero-order chi connectivity index (χ0) is 9.78. The van der Waals surface area contributed by atoms with Crippen LogP contribution in [0, 0.1) is 0 Å². The molecule has 1 amide bonds. The van der Waals surface area contributed by atoms with E-state index in [1.807, 2.05) is 0 Å². The molecule has 0 spiro atoms. The third-order valence-corrected chi connectivity index (χ3v) is 3.21. The van der Waals surface area contributed by atoms with Crippen LogP contribution in [0.3, 0.4) is 0 Å². The lowest BCUT2D eigenvalue weighted by Gasteiger charge is -2.06. The minimum atomic E-state index is -3.20. The molecule has 0 aliphatic carbocycles. The van der Waals surface area contributed by atoms with Crippen molar-refractivity contribution in [2.24, 2.45) is 11.5 Å². The Hall–Kier alpha value is -0.620. The molecule has 0 aromatic heterocycles. The molecule has 0 aromatic rings. The van der Waals surface area contributed by atoms with Crippen LogP contribution in [0.1, 0.15) is 13.3 Å². The molecule has 0 heterocycles. The number of amides is 1. The second kappa shape index (κ2) is 4.42. The van der Waals surface area contributed by atoms with Gasteiger partial charge in [0.2, 0.25) is 5.91 Å². The number of rotatable bonds is 5. The highest BCUT2D eigenvalue weighted by atomic mass is 32.2. The maximum absolute atomic E-state index is 11.1. The number of carbonyl (C=O) groups is 1. The van der Waals surface area contributed by atoms with E-state index in [2.05, 4.69) is 0 Å². The zero-order valence-corrected chi connectivity index (χ0v) is 7.80. The highest BCUT2D eigenvalue weighted by Gasteiger charge is 2.18. The van der Waals surface area contributed by atoms with E-state index in [1.165, 1.54) is 0 Å². The Kier molecular flexibility index (Phi) is 4.19.